The standard InChI is InChI=1S/C16H25N3O2/c1-3-19(4-2)16(21)9-10-18-15(20)11-13-7-5-6-8-14(13)12-17/h5-8H,3-4,9-12,17H2,1-2H3,(H,18,20). The molecule has 1 aromatic carbocycles. The van der Waals surface area contributed by atoms with E-state index in [9.17, 15) is 9.59 Å². The number of carbonyl (C=O) groups excluding carboxylic acids is 2. The third-order valence-electron chi connectivity index (χ3n) is 3.47. The zero-order valence-corrected chi connectivity index (χ0v) is 12.9. The van der Waals surface area contributed by atoms with Crippen molar-refractivity contribution in [3.05, 3.63) is 35.4 Å². The molecule has 1 rings (SSSR count). The van der Waals surface area contributed by atoms with Gasteiger partial charge in [0.1, 0.15) is 0 Å². The summed E-state index contributed by atoms with van der Waals surface area (Å²) in [5, 5.41) is 2.79. The van der Waals surface area contributed by atoms with Crippen molar-refractivity contribution in [2.75, 3.05) is 19.6 Å². The van der Waals surface area contributed by atoms with Crippen LogP contribution in [0.5, 0.6) is 0 Å². The van der Waals surface area contributed by atoms with Gasteiger partial charge in [0.15, 0.2) is 0 Å². The van der Waals surface area contributed by atoms with E-state index in [1.165, 1.54) is 0 Å². The smallest absolute Gasteiger partial charge is 0.224 e. The predicted octanol–water partition coefficient (Wildman–Crippen LogP) is 1.06. The predicted molar refractivity (Wildman–Crippen MR) is 83.6 cm³/mol. The van der Waals surface area contributed by atoms with Crippen LogP contribution in [0.1, 0.15) is 31.4 Å². The summed E-state index contributed by atoms with van der Waals surface area (Å²) in [5.74, 6) is -0.00842. The fourth-order valence-corrected chi connectivity index (χ4v) is 2.21. The molecule has 5 nitrogen and oxygen atoms in total. The molecule has 1 aromatic rings. The van der Waals surface area contributed by atoms with E-state index in [-0.39, 0.29) is 11.8 Å². The Bertz CT molecular complexity index is 470. The van der Waals surface area contributed by atoms with Crippen LogP contribution in [0.2, 0.25) is 0 Å². The van der Waals surface area contributed by atoms with Crippen molar-refractivity contribution in [1.29, 1.82) is 0 Å². The van der Waals surface area contributed by atoms with Gasteiger partial charge in [0, 0.05) is 32.6 Å². The van der Waals surface area contributed by atoms with E-state index in [1.54, 1.807) is 4.90 Å². The summed E-state index contributed by atoms with van der Waals surface area (Å²) >= 11 is 0. The van der Waals surface area contributed by atoms with E-state index < -0.39 is 0 Å². The average molecular weight is 291 g/mol. The highest BCUT2D eigenvalue weighted by Gasteiger charge is 2.10. The molecule has 0 unspecified atom stereocenters. The van der Waals surface area contributed by atoms with Crippen molar-refractivity contribution >= 4 is 11.8 Å². The lowest BCUT2D eigenvalue weighted by Crippen LogP contribution is -2.34. The van der Waals surface area contributed by atoms with Crippen LogP contribution in [-0.2, 0) is 22.6 Å². The van der Waals surface area contributed by atoms with Crippen molar-refractivity contribution in [1.82, 2.24) is 10.2 Å². The number of nitrogens with one attached hydrogen (secondary N) is 1. The van der Waals surface area contributed by atoms with Crippen LogP contribution in [0, 0.1) is 0 Å². The Morgan fingerprint density at radius 1 is 1.14 bits per heavy atom. The molecule has 0 aliphatic heterocycles. The summed E-state index contributed by atoms with van der Waals surface area (Å²) in [7, 11) is 0. The topological polar surface area (TPSA) is 75.4 Å². The molecule has 5 heteroatoms. The SMILES string of the molecule is CCN(CC)C(=O)CCNC(=O)Cc1ccccc1CN. The first-order valence-electron chi connectivity index (χ1n) is 7.43. The molecule has 3 N–H and O–H groups in total. The molecule has 116 valence electrons. The number of hydrogen-bond acceptors (Lipinski definition) is 3. The first-order chi connectivity index (χ1) is 10.1. The van der Waals surface area contributed by atoms with E-state index in [0.29, 0.717) is 39.0 Å². The molecule has 0 aromatic heterocycles. The molecule has 0 atom stereocenters. The molecule has 0 fully saturated rings. The Balaban J connectivity index is 2.39. The van der Waals surface area contributed by atoms with Crippen LogP contribution in [0.3, 0.4) is 0 Å². The zero-order chi connectivity index (χ0) is 15.7. The second-order valence-corrected chi connectivity index (χ2v) is 4.82. The van der Waals surface area contributed by atoms with Crippen molar-refractivity contribution in [3.8, 4) is 0 Å². The van der Waals surface area contributed by atoms with Crippen molar-refractivity contribution < 1.29 is 9.59 Å². The maximum Gasteiger partial charge on any atom is 0.224 e. The number of benzene rings is 1. The molecule has 2 amide bonds. The van der Waals surface area contributed by atoms with Gasteiger partial charge in [-0.15, -0.1) is 0 Å². The van der Waals surface area contributed by atoms with E-state index in [1.807, 2.05) is 38.1 Å². The Morgan fingerprint density at radius 3 is 2.33 bits per heavy atom. The third kappa shape index (κ3) is 5.55. The number of rotatable bonds is 8. The molecule has 0 aliphatic carbocycles. The minimum atomic E-state index is -0.0803. The average Bonchev–Trinajstić information content (AvgIpc) is 2.49. The second kappa shape index (κ2) is 9.13. The van der Waals surface area contributed by atoms with Crippen LogP contribution in [-0.4, -0.2) is 36.3 Å². The van der Waals surface area contributed by atoms with Crippen LogP contribution >= 0.6 is 0 Å². The van der Waals surface area contributed by atoms with Gasteiger partial charge in [-0.2, -0.15) is 0 Å². The van der Waals surface area contributed by atoms with E-state index in [0.717, 1.165) is 11.1 Å². The maximum atomic E-state index is 11.9. The fraction of sp³-hybridized carbons (Fsp3) is 0.500. The Morgan fingerprint density at radius 2 is 1.76 bits per heavy atom. The molecular weight excluding hydrogens is 266 g/mol. The number of amides is 2. The van der Waals surface area contributed by atoms with Gasteiger partial charge in [-0.05, 0) is 25.0 Å². The number of nitrogens with zero attached hydrogens (tertiary/aromatic N) is 1. The molecule has 0 radical (unpaired) electrons. The van der Waals surface area contributed by atoms with Crippen LogP contribution in [0.4, 0.5) is 0 Å². The lowest BCUT2D eigenvalue weighted by Gasteiger charge is -2.18. The van der Waals surface area contributed by atoms with Crippen molar-refractivity contribution in [2.45, 2.75) is 33.2 Å². The zero-order valence-electron chi connectivity index (χ0n) is 12.9. The van der Waals surface area contributed by atoms with Crippen molar-refractivity contribution in [2.24, 2.45) is 5.73 Å². The minimum Gasteiger partial charge on any atom is -0.355 e. The first kappa shape index (κ1) is 17.2. The van der Waals surface area contributed by atoms with Crippen molar-refractivity contribution in [3.63, 3.8) is 0 Å². The van der Waals surface area contributed by atoms with Gasteiger partial charge in [0.25, 0.3) is 0 Å². The fourth-order valence-electron chi connectivity index (χ4n) is 2.21. The highest BCUT2D eigenvalue weighted by molar-refractivity contribution is 5.80. The number of hydrogen-bond donors (Lipinski definition) is 2. The van der Waals surface area contributed by atoms with Gasteiger partial charge in [-0.3, -0.25) is 9.59 Å². The van der Waals surface area contributed by atoms with Gasteiger partial charge in [0.2, 0.25) is 11.8 Å². The maximum absolute atomic E-state index is 11.9. The van der Waals surface area contributed by atoms with E-state index in [2.05, 4.69) is 5.32 Å². The summed E-state index contributed by atoms with van der Waals surface area (Å²) in [6.45, 7) is 6.09. The molecule has 0 aliphatic rings. The van der Waals surface area contributed by atoms with Gasteiger partial charge < -0.3 is 16.0 Å². The normalized spacial score (nSPS) is 10.2. The molecule has 0 saturated heterocycles. The first-order valence-corrected chi connectivity index (χ1v) is 7.43. The number of nitrogens with two attached hydrogens (primary N) is 1. The summed E-state index contributed by atoms with van der Waals surface area (Å²) in [6, 6.07) is 7.63. The number of carbonyl (C=O) groups is 2. The quantitative estimate of drug-likeness (QED) is 0.752. The summed E-state index contributed by atoms with van der Waals surface area (Å²) in [6.07, 6.45) is 0.638. The van der Waals surface area contributed by atoms with E-state index >= 15 is 0 Å². The van der Waals surface area contributed by atoms with Crippen LogP contribution in [0.15, 0.2) is 24.3 Å². The largest absolute Gasteiger partial charge is 0.355 e. The second-order valence-electron chi connectivity index (χ2n) is 4.82. The van der Waals surface area contributed by atoms with Gasteiger partial charge >= 0.3 is 0 Å². The monoisotopic (exact) mass is 291 g/mol. The Labute approximate surface area is 126 Å². The molecular formula is C16H25N3O2. The lowest BCUT2D eigenvalue weighted by molar-refractivity contribution is -0.130. The third-order valence-corrected chi connectivity index (χ3v) is 3.47. The molecule has 0 saturated carbocycles. The minimum absolute atomic E-state index is 0.0719. The summed E-state index contributed by atoms with van der Waals surface area (Å²) in [4.78, 5) is 25.5. The molecule has 21 heavy (non-hydrogen) atoms. The molecule has 0 heterocycles. The Hall–Kier alpha value is -1.88. The molecule has 0 bridgehead atoms. The highest BCUT2D eigenvalue weighted by atomic mass is 16.2. The summed E-state index contributed by atoms with van der Waals surface area (Å²) in [5.41, 5.74) is 7.56. The summed E-state index contributed by atoms with van der Waals surface area (Å²) < 4.78 is 0. The van der Waals surface area contributed by atoms with Crippen LogP contribution in [0.25, 0.3) is 0 Å². The highest BCUT2D eigenvalue weighted by Crippen LogP contribution is 2.08. The van der Waals surface area contributed by atoms with Crippen LogP contribution < -0.4 is 11.1 Å². The van der Waals surface area contributed by atoms with E-state index in [4.69, 9.17) is 5.73 Å². The Kier molecular flexibility index (Phi) is 7.46. The van der Waals surface area contributed by atoms with Gasteiger partial charge in [-0.1, -0.05) is 24.3 Å². The van der Waals surface area contributed by atoms with Gasteiger partial charge in [0.05, 0.1) is 6.42 Å². The lowest BCUT2D eigenvalue weighted by atomic mass is 10.0. The van der Waals surface area contributed by atoms with Gasteiger partial charge in [-0.25, -0.2) is 0 Å². The molecule has 0 spiro atoms.